The Morgan fingerprint density at radius 1 is 1.41 bits per heavy atom. The maximum atomic E-state index is 11.8. The zero-order valence-corrected chi connectivity index (χ0v) is 11.3. The van der Waals surface area contributed by atoms with Gasteiger partial charge in [-0.15, -0.1) is 0 Å². The molecule has 5 heteroatoms. The van der Waals surface area contributed by atoms with Crippen LogP contribution in [0.5, 0.6) is 0 Å². The minimum Gasteiger partial charge on any atom is -0.447 e. The van der Waals surface area contributed by atoms with Gasteiger partial charge < -0.3 is 15.2 Å². The van der Waals surface area contributed by atoms with Crippen LogP contribution in [0.1, 0.15) is 34.6 Å². The van der Waals surface area contributed by atoms with Gasteiger partial charge >= 0.3 is 6.09 Å². The summed E-state index contributed by atoms with van der Waals surface area (Å²) in [6.07, 6.45) is -1.38. The fourth-order valence-electron chi connectivity index (χ4n) is 1.46. The van der Waals surface area contributed by atoms with Crippen LogP contribution in [0.25, 0.3) is 0 Å². The van der Waals surface area contributed by atoms with Crippen LogP contribution >= 0.6 is 0 Å². The van der Waals surface area contributed by atoms with Gasteiger partial charge in [0.1, 0.15) is 13.3 Å². The van der Waals surface area contributed by atoms with Crippen molar-refractivity contribution in [3.05, 3.63) is 0 Å². The van der Waals surface area contributed by atoms with Crippen molar-refractivity contribution >= 4 is 6.09 Å². The third kappa shape index (κ3) is 5.86. The first kappa shape index (κ1) is 16.2. The van der Waals surface area contributed by atoms with Gasteiger partial charge in [-0.05, 0) is 11.3 Å². The SMILES string of the molecule is CC(C)C(NC(=O)OCCF)C(O)C(C)(C)C. The first-order chi connectivity index (χ1) is 7.70. The number of hydrogen-bond donors (Lipinski definition) is 2. The number of halogens is 1. The van der Waals surface area contributed by atoms with Gasteiger partial charge in [0.25, 0.3) is 0 Å². The molecular weight excluding hydrogens is 225 g/mol. The Kier molecular flexibility index (Phi) is 6.45. The second-order valence-corrected chi connectivity index (χ2v) is 5.55. The van der Waals surface area contributed by atoms with Gasteiger partial charge in [-0.25, -0.2) is 9.18 Å². The monoisotopic (exact) mass is 249 g/mol. The molecule has 0 saturated carbocycles. The number of carbonyl (C=O) groups excluding carboxylic acids is 1. The first-order valence-corrected chi connectivity index (χ1v) is 5.87. The lowest BCUT2D eigenvalue weighted by atomic mass is 9.81. The van der Waals surface area contributed by atoms with Gasteiger partial charge in [-0.3, -0.25) is 0 Å². The summed E-state index contributed by atoms with van der Waals surface area (Å²) < 4.78 is 16.4. The molecule has 0 saturated heterocycles. The van der Waals surface area contributed by atoms with Crippen LogP contribution in [0.15, 0.2) is 0 Å². The number of alkyl halides is 1. The van der Waals surface area contributed by atoms with E-state index >= 15 is 0 Å². The molecule has 0 aliphatic carbocycles. The summed E-state index contributed by atoms with van der Waals surface area (Å²) in [4.78, 5) is 11.3. The summed E-state index contributed by atoms with van der Waals surface area (Å²) in [5.74, 6) is 0.0575. The average molecular weight is 249 g/mol. The van der Waals surface area contributed by atoms with E-state index in [4.69, 9.17) is 0 Å². The summed E-state index contributed by atoms with van der Waals surface area (Å²) in [5.41, 5.74) is -0.345. The molecule has 0 spiro atoms. The molecule has 2 atom stereocenters. The normalized spacial score (nSPS) is 15.5. The molecule has 0 rings (SSSR count). The first-order valence-electron chi connectivity index (χ1n) is 5.87. The number of nitrogens with one attached hydrogen (secondary N) is 1. The van der Waals surface area contributed by atoms with E-state index in [9.17, 15) is 14.3 Å². The quantitative estimate of drug-likeness (QED) is 0.784. The Balaban J connectivity index is 4.50. The van der Waals surface area contributed by atoms with Crippen LogP contribution in [0.2, 0.25) is 0 Å². The van der Waals surface area contributed by atoms with Gasteiger partial charge in [0.15, 0.2) is 0 Å². The van der Waals surface area contributed by atoms with Gasteiger partial charge in [-0.2, -0.15) is 0 Å². The van der Waals surface area contributed by atoms with Crippen molar-refractivity contribution in [1.82, 2.24) is 5.32 Å². The van der Waals surface area contributed by atoms with Crippen molar-refractivity contribution < 1.29 is 19.0 Å². The number of carbonyl (C=O) groups is 1. The lowest BCUT2D eigenvalue weighted by molar-refractivity contribution is 0.0129. The molecule has 102 valence electrons. The van der Waals surface area contributed by atoms with Crippen LogP contribution in [-0.2, 0) is 4.74 Å². The highest BCUT2D eigenvalue weighted by Crippen LogP contribution is 2.25. The van der Waals surface area contributed by atoms with Gasteiger partial charge in [0, 0.05) is 0 Å². The Morgan fingerprint density at radius 2 is 1.94 bits per heavy atom. The summed E-state index contributed by atoms with van der Waals surface area (Å²) >= 11 is 0. The van der Waals surface area contributed by atoms with E-state index in [-0.39, 0.29) is 17.9 Å². The van der Waals surface area contributed by atoms with Crippen molar-refractivity contribution in [3.8, 4) is 0 Å². The number of aliphatic hydroxyl groups excluding tert-OH is 1. The summed E-state index contributed by atoms with van der Waals surface area (Å²) in [6.45, 7) is 8.50. The molecule has 2 N–H and O–H groups in total. The van der Waals surface area contributed by atoms with Crippen LogP contribution in [-0.4, -0.2) is 36.6 Å². The maximum Gasteiger partial charge on any atom is 0.407 e. The molecule has 0 fully saturated rings. The van der Waals surface area contributed by atoms with E-state index in [1.165, 1.54) is 0 Å². The third-order valence-electron chi connectivity index (χ3n) is 2.54. The lowest BCUT2D eigenvalue weighted by Crippen LogP contribution is -2.51. The second kappa shape index (κ2) is 6.79. The van der Waals surface area contributed by atoms with Crippen molar-refractivity contribution in [2.75, 3.05) is 13.3 Å². The Morgan fingerprint density at radius 3 is 2.29 bits per heavy atom. The van der Waals surface area contributed by atoms with Crippen molar-refractivity contribution in [2.24, 2.45) is 11.3 Å². The van der Waals surface area contributed by atoms with E-state index in [0.29, 0.717) is 0 Å². The zero-order chi connectivity index (χ0) is 13.6. The van der Waals surface area contributed by atoms with Crippen molar-refractivity contribution in [1.29, 1.82) is 0 Å². The fourth-order valence-corrected chi connectivity index (χ4v) is 1.46. The van der Waals surface area contributed by atoms with E-state index < -0.39 is 24.9 Å². The highest BCUT2D eigenvalue weighted by Gasteiger charge is 2.33. The van der Waals surface area contributed by atoms with Crippen molar-refractivity contribution in [3.63, 3.8) is 0 Å². The smallest absolute Gasteiger partial charge is 0.407 e. The zero-order valence-electron chi connectivity index (χ0n) is 11.3. The lowest BCUT2D eigenvalue weighted by Gasteiger charge is -2.35. The predicted molar refractivity (Wildman–Crippen MR) is 64.5 cm³/mol. The summed E-state index contributed by atoms with van der Waals surface area (Å²) in [7, 11) is 0. The molecule has 0 bridgehead atoms. The topological polar surface area (TPSA) is 58.6 Å². The standard InChI is InChI=1S/C12H24FNO3/c1-8(2)9(10(15)12(3,4)5)14-11(16)17-7-6-13/h8-10,15H,6-7H2,1-5H3,(H,14,16). The van der Waals surface area contributed by atoms with Crippen molar-refractivity contribution in [2.45, 2.75) is 46.8 Å². The molecule has 17 heavy (non-hydrogen) atoms. The van der Waals surface area contributed by atoms with E-state index in [1.807, 2.05) is 34.6 Å². The molecule has 0 aromatic carbocycles. The summed E-state index contributed by atoms with van der Waals surface area (Å²) in [6, 6.07) is -0.415. The number of aliphatic hydroxyl groups is 1. The Bertz CT molecular complexity index is 238. The predicted octanol–water partition coefficient (Wildman–Crippen LogP) is 2.11. The minimum absolute atomic E-state index is 0.0575. The third-order valence-corrected chi connectivity index (χ3v) is 2.54. The van der Waals surface area contributed by atoms with E-state index in [2.05, 4.69) is 10.1 Å². The molecule has 1 amide bonds. The number of ether oxygens (including phenoxy) is 1. The molecule has 0 aromatic rings. The molecule has 2 unspecified atom stereocenters. The highest BCUT2D eigenvalue weighted by atomic mass is 19.1. The average Bonchev–Trinajstić information content (AvgIpc) is 2.20. The van der Waals surface area contributed by atoms with Gasteiger partial charge in [0.05, 0.1) is 12.1 Å². The minimum atomic E-state index is -0.707. The molecule has 0 radical (unpaired) electrons. The number of rotatable bonds is 5. The molecule has 0 heterocycles. The van der Waals surface area contributed by atoms with E-state index in [0.717, 1.165) is 0 Å². The second-order valence-electron chi connectivity index (χ2n) is 5.55. The number of hydrogen-bond acceptors (Lipinski definition) is 3. The number of alkyl carbamates (subject to hydrolysis) is 1. The van der Waals surface area contributed by atoms with Gasteiger partial charge in [-0.1, -0.05) is 34.6 Å². The van der Waals surface area contributed by atoms with Crippen LogP contribution in [0, 0.1) is 11.3 Å². The maximum absolute atomic E-state index is 11.8. The molecule has 0 aliphatic heterocycles. The highest BCUT2D eigenvalue weighted by molar-refractivity contribution is 5.67. The molecule has 4 nitrogen and oxygen atoms in total. The number of amides is 1. The van der Waals surface area contributed by atoms with Gasteiger partial charge in [0.2, 0.25) is 0 Å². The van der Waals surface area contributed by atoms with Crippen LogP contribution < -0.4 is 5.32 Å². The Hall–Kier alpha value is -0.840. The summed E-state index contributed by atoms with van der Waals surface area (Å²) in [5, 5.41) is 12.7. The molecular formula is C12H24FNO3. The largest absolute Gasteiger partial charge is 0.447 e. The molecule has 0 aromatic heterocycles. The Labute approximate surface area is 103 Å². The van der Waals surface area contributed by atoms with E-state index in [1.54, 1.807) is 0 Å². The van der Waals surface area contributed by atoms with Crippen LogP contribution in [0.3, 0.4) is 0 Å². The molecule has 0 aliphatic rings. The van der Waals surface area contributed by atoms with Crippen LogP contribution in [0.4, 0.5) is 9.18 Å². The fraction of sp³-hybridized carbons (Fsp3) is 0.917.